The SMILES string of the molecule is CC(C)C(C)NC(=O)COC(=O)c1csc(S(N)(=O)=O)c1. The molecule has 0 spiro atoms. The average molecular weight is 334 g/mol. The third-order valence-corrected chi connectivity index (χ3v) is 5.20. The highest BCUT2D eigenvalue weighted by Gasteiger charge is 2.18. The number of rotatable bonds is 6. The fourth-order valence-corrected chi connectivity index (χ4v) is 2.82. The van der Waals surface area contributed by atoms with Crippen molar-refractivity contribution in [3.63, 3.8) is 0 Å². The molecule has 21 heavy (non-hydrogen) atoms. The molecule has 1 rings (SSSR count). The Morgan fingerprint density at radius 3 is 2.48 bits per heavy atom. The molecule has 1 amide bonds. The predicted molar refractivity (Wildman–Crippen MR) is 78.4 cm³/mol. The Balaban J connectivity index is 2.55. The first-order chi connectivity index (χ1) is 9.61. The molecule has 1 aromatic rings. The Kier molecular flexibility index (Phi) is 5.87. The number of esters is 1. The Morgan fingerprint density at radius 2 is 2.00 bits per heavy atom. The summed E-state index contributed by atoms with van der Waals surface area (Å²) < 4.78 is 26.9. The first kappa shape index (κ1) is 17.6. The minimum atomic E-state index is -3.84. The summed E-state index contributed by atoms with van der Waals surface area (Å²) >= 11 is 0.819. The Morgan fingerprint density at radius 1 is 1.38 bits per heavy atom. The van der Waals surface area contributed by atoms with Crippen LogP contribution in [0.1, 0.15) is 31.1 Å². The fourth-order valence-electron chi connectivity index (χ4n) is 1.25. The smallest absolute Gasteiger partial charge is 0.339 e. The zero-order valence-corrected chi connectivity index (χ0v) is 13.6. The average Bonchev–Trinajstić information content (AvgIpc) is 2.85. The predicted octanol–water partition coefficient (Wildman–Crippen LogP) is 0.713. The molecule has 1 heterocycles. The zero-order chi connectivity index (χ0) is 16.2. The standard InChI is InChI=1S/C12H18N2O5S2/c1-7(2)8(3)14-10(15)5-19-12(16)9-4-11(20-6-9)21(13,17)18/h4,6-8H,5H2,1-3H3,(H,14,15)(H2,13,17,18). The number of hydrogen-bond acceptors (Lipinski definition) is 6. The van der Waals surface area contributed by atoms with Gasteiger partial charge in [-0.05, 0) is 18.9 Å². The minimum absolute atomic E-state index is 0.0358. The van der Waals surface area contributed by atoms with Crippen LogP contribution in [-0.2, 0) is 19.6 Å². The van der Waals surface area contributed by atoms with Crippen LogP contribution in [0.4, 0.5) is 0 Å². The molecular weight excluding hydrogens is 316 g/mol. The lowest BCUT2D eigenvalue weighted by Crippen LogP contribution is -2.38. The molecule has 3 N–H and O–H groups in total. The van der Waals surface area contributed by atoms with Crippen LogP contribution in [-0.4, -0.2) is 32.9 Å². The highest BCUT2D eigenvalue weighted by atomic mass is 32.2. The van der Waals surface area contributed by atoms with Crippen LogP contribution in [0, 0.1) is 5.92 Å². The zero-order valence-electron chi connectivity index (χ0n) is 12.0. The van der Waals surface area contributed by atoms with Crippen molar-refractivity contribution in [1.82, 2.24) is 5.32 Å². The van der Waals surface area contributed by atoms with Gasteiger partial charge in [0.2, 0.25) is 10.0 Å². The largest absolute Gasteiger partial charge is 0.452 e. The van der Waals surface area contributed by atoms with Crippen LogP contribution in [0.15, 0.2) is 15.7 Å². The molecule has 118 valence electrons. The van der Waals surface area contributed by atoms with Gasteiger partial charge in [-0.2, -0.15) is 0 Å². The van der Waals surface area contributed by atoms with E-state index in [-0.39, 0.29) is 21.7 Å². The van der Waals surface area contributed by atoms with E-state index in [0.29, 0.717) is 0 Å². The maximum atomic E-state index is 11.7. The number of carbonyl (C=O) groups is 2. The van der Waals surface area contributed by atoms with Gasteiger partial charge in [-0.15, -0.1) is 11.3 Å². The van der Waals surface area contributed by atoms with Gasteiger partial charge < -0.3 is 10.1 Å². The van der Waals surface area contributed by atoms with Crippen molar-refractivity contribution in [3.05, 3.63) is 17.0 Å². The first-order valence-electron chi connectivity index (χ1n) is 6.19. The molecular formula is C12H18N2O5S2. The maximum Gasteiger partial charge on any atom is 0.339 e. The van der Waals surface area contributed by atoms with E-state index >= 15 is 0 Å². The number of amides is 1. The van der Waals surface area contributed by atoms with Crippen molar-refractivity contribution in [3.8, 4) is 0 Å². The summed E-state index contributed by atoms with van der Waals surface area (Å²) in [5.41, 5.74) is 0.0498. The van der Waals surface area contributed by atoms with Gasteiger partial charge in [-0.3, -0.25) is 4.79 Å². The van der Waals surface area contributed by atoms with E-state index < -0.39 is 28.5 Å². The molecule has 9 heteroatoms. The van der Waals surface area contributed by atoms with Crippen molar-refractivity contribution in [2.45, 2.75) is 31.0 Å². The normalized spacial score (nSPS) is 13.0. The second-order valence-electron chi connectivity index (χ2n) is 4.88. The third kappa shape index (κ3) is 5.44. The Bertz CT molecular complexity index is 621. The summed E-state index contributed by atoms with van der Waals surface area (Å²) in [5.74, 6) is -0.918. The molecule has 0 saturated carbocycles. The summed E-state index contributed by atoms with van der Waals surface area (Å²) in [5, 5.41) is 8.94. The lowest BCUT2D eigenvalue weighted by Gasteiger charge is -2.17. The van der Waals surface area contributed by atoms with Crippen molar-refractivity contribution in [2.75, 3.05) is 6.61 Å². The van der Waals surface area contributed by atoms with Crippen LogP contribution in [0.25, 0.3) is 0 Å². The fraction of sp³-hybridized carbons (Fsp3) is 0.500. The van der Waals surface area contributed by atoms with Gasteiger partial charge in [0.05, 0.1) is 5.56 Å². The van der Waals surface area contributed by atoms with E-state index in [1.54, 1.807) is 0 Å². The summed E-state index contributed by atoms with van der Waals surface area (Å²) in [7, 11) is -3.84. The van der Waals surface area contributed by atoms with E-state index in [1.165, 1.54) is 5.38 Å². The molecule has 0 saturated heterocycles. The van der Waals surface area contributed by atoms with E-state index in [1.807, 2.05) is 20.8 Å². The third-order valence-electron chi connectivity index (χ3n) is 2.81. The van der Waals surface area contributed by atoms with Gasteiger partial charge in [0.15, 0.2) is 6.61 Å². The van der Waals surface area contributed by atoms with Crippen LogP contribution in [0.3, 0.4) is 0 Å². The number of carbonyl (C=O) groups excluding carboxylic acids is 2. The second-order valence-corrected chi connectivity index (χ2v) is 7.58. The molecule has 0 bridgehead atoms. The van der Waals surface area contributed by atoms with Gasteiger partial charge in [0, 0.05) is 11.4 Å². The number of thiophene rings is 1. The number of sulfonamides is 1. The molecule has 1 unspecified atom stereocenters. The molecule has 1 atom stereocenters. The number of nitrogens with one attached hydrogen (secondary N) is 1. The van der Waals surface area contributed by atoms with Gasteiger partial charge in [-0.25, -0.2) is 18.4 Å². The van der Waals surface area contributed by atoms with Crippen molar-refractivity contribution < 1.29 is 22.7 Å². The summed E-state index contributed by atoms with van der Waals surface area (Å²) in [6.45, 7) is 5.34. The van der Waals surface area contributed by atoms with Crippen LogP contribution < -0.4 is 10.5 Å². The summed E-state index contributed by atoms with van der Waals surface area (Å²) in [6, 6.07) is 1.09. The van der Waals surface area contributed by atoms with E-state index in [2.05, 4.69) is 5.32 Å². The summed E-state index contributed by atoms with van der Waals surface area (Å²) in [4.78, 5) is 23.2. The first-order valence-corrected chi connectivity index (χ1v) is 8.61. The molecule has 0 radical (unpaired) electrons. The molecule has 0 aromatic carbocycles. The highest BCUT2D eigenvalue weighted by Crippen LogP contribution is 2.19. The molecule has 0 fully saturated rings. The lowest BCUT2D eigenvalue weighted by molar-refractivity contribution is -0.125. The van der Waals surface area contributed by atoms with E-state index in [0.717, 1.165) is 17.4 Å². The Labute approximate surface area is 127 Å². The number of nitrogens with two attached hydrogens (primary N) is 1. The minimum Gasteiger partial charge on any atom is -0.452 e. The highest BCUT2D eigenvalue weighted by molar-refractivity contribution is 7.91. The van der Waals surface area contributed by atoms with Gasteiger partial charge in [-0.1, -0.05) is 13.8 Å². The lowest BCUT2D eigenvalue weighted by atomic mass is 10.1. The summed E-state index contributed by atoms with van der Waals surface area (Å²) in [6.07, 6.45) is 0. The molecule has 1 aromatic heterocycles. The van der Waals surface area contributed by atoms with Crippen molar-refractivity contribution in [2.24, 2.45) is 11.1 Å². The molecule has 0 aliphatic carbocycles. The Hall–Kier alpha value is -1.45. The van der Waals surface area contributed by atoms with Crippen molar-refractivity contribution in [1.29, 1.82) is 0 Å². The number of hydrogen-bond donors (Lipinski definition) is 2. The van der Waals surface area contributed by atoms with Crippen molar-refractivity contribution >= 4 is 33.2 Å². The molecule has 0 aliphatic heterocycles. The van der Waals surface area contributed by atoms with Gasteiger partial charge >= 0.3 is 5.97 Å². The topological polar surface area (TPSA) is 116 Å². The quantitative estimate of drug-likeness (QED) is 0.743. The molecule has 7 nitrogen and oxygen atoms in total. The maximum absolute atomic E-state index is 11.7. The van der Waals surface area contributed by atoms with Gasteiger partial charge in [0.25, 0.3) is 5.91 Å². The van der Waals surface area contributed by atoms with E-state index in [4.69, 9.17) is 9.88 Å². The van der Waals surface area contributed by atoms with Crippen LogP contribution in [0.5, 0.6) is 0 Å². The van der Waals surface area contributed by atoms with E-state index in [9.17, 15) is 18.0 Å². The monoisotopic (exact) mass is 334 g/mol. The number of ether oxygens (including phenoxy) is 1. The van der Waals surface area contributed by atoms with Gasteiger partial charge in [0.1, 0.15) is 4.21 Å². The number of primary sulfonamides is 1. The van der Waals surface area contributed by atoms with Crippen LogP contribution in [0.2, 0.25) is 0 Å². The van der Waals surface area contributed by atoms with Crippen LogP contribution >= 0.6 is 11.3 Å². The second kappa shape index (κ2) is 7.01. The molecule has 0 aliphatic rings.